The van der Waals surface area contributed by atoms with E-state index in [1.807, 2.05) is 6.08 Å². The van der Waals surface area contributed by atoms with Crippen molar-refractivity contribution in [1.29, 1.82) is 0 Å². The minimum Gasteiger partial charge on any atom is -0.383 e. The quantitative estimate of drug-likeness (QED) is 0.333. The van der Waals surface area contributed by atoms with Gasteiger partial charge in [-0.15, -0.1) is 6.58 Å². The topological polar surface area (TPSA) is 64.4 Å². The van der Waals surface area contributed by atoms with Gasteiger partial charge in [0.2, 0.25) is 0 Å². The van der Waals surface area contributed by atoms with Crippen LogP contribution in [0.25, 0.3) is 0 Å². The van der Waals surface area contributed by atoms with E-state index in [4.69, 9.17) is 4.74 Å². The Kier molecular flexibility index (Phi) is 5.87. The molecule has 0 aliphatic carbocycles. The molecule has 0 amide bonds. The molecule has 1 N–H and O–H groups in total. The number of hydrogen-bond donors (Lipinski definition) is 1. The van der Waals surface area contributed by atoms with Crippen molar-refractivity contribution in [3.8, 4) is 0 Å². The molecule has 0 unspecified atom stereocenters. The number of ether oxygens (including phenoxy) is 1. The minimum absolute atomic E-state index is 0.141. The fourth-order valence-corrected chi connectivity index (χ4v) is 1.51. The minimum atomic E-state index is -0.377. The molecule has 1 aromatic carbocycles. The molecule has 0 radical (unpaired) electrons. The Balaban J connectivity index is 2.37. The molecule has 0 aliphatic rings. The first-order valence-electron chi connectivity index (χ1n) is 5.82. The van der Waals surface area contributed by atoms with Crippen molar-refractivity contribution in [1.82, 2.24) is 0 Å². The Morgan fingerprint density at radius 3 is 2.89 bits per heavy atom. The summed E-state index contributed by atoms with van der Waals surface area (Å²) in [6.45, 7) is 7.28. The van der Waals surface area contributed by atoms with Gasteiger partial charge < -0.3 is 10.1 Å². The van der Waals surface area contributed by atoms with Gasteiger partial charge in [0.25, 0.3) is 5.69 Å². The van der Waals surface area contributed by atoms with Gasteiger partial charge in [0, 0.05) is 23.9 Å². The highest BCUT2D eigenvalue weighted by molar-refractivity contribution is 5.53. The van der Waals surface area contributed by atoms with Gasteiger partial charge in [-0.25, -0.2) is 0 Å². The van der Waals surface area contributed by atoms with Crippen molar-refractivity contribution < 1.29 is 9.66 Å². The normalized spacial score (nSPS) is 10.1. The summed E-state index contributed by atoms with van der Waals surface area (Å²) in [5.41, 5.74) is 1.66. The van der Waals surface area contributed by atoms with Gasteiger partial charge in [-0.2, -0.15) is 0 Å². The maximum atomic E-state index is 10.7. The van der Waals surface area contributed by atoms with Crippen LogP contribution in [-0.4, -0.2) is 24.7 Å². The van der Waals surface area contributed by atoms with Gasteiger partial charge in [-0.05, 0) is 25.5 Å². The standard InChI is InChI=1S/C13H18N2O3/c1-3-4-8-18-9-7-14-12-5-6-13(15(16)17)11(2)10-12/h3,5-6,10,14H,1,4,7-9H2,2H3. The Morgan fingerprint density at radius 2 is 2.28 bits per heavy atom. The maximum Gasteiger partial charge on any atom is 0.272 e. The fraction of sp³-hybridized carbons (Fsp3) is 0.385. The number of rotatable bonds is 8. The Labute approximate surface area is 107 Å². The average molecular weight is 250 g/mol. The molecule has 1 aromatic rings. The van der Waals surface area contributed by atoms with E-state index < -0.39 is 0 Å². The van der Waals surface area contributed by atoms with Gasteiger partial charge >= 0.3 is 0 Å². The van der Waals surface area contributed by atoms with Crippen LogP contribution in [0.1, 0.15) is 12.0 Å². The zero-order valence-electron chi connectivity index (χ0n) is 10.5. The molecule has 0 spiro atoms. The summed E-state index contributed by atoms with van der Waals surface area (Å²) >= 11 is 0. The molecule has 5 heteroatoms. The summed E-state index contributed by atoms with van der Waals surface area (Å²) in [6, 6.07) is 4.98. The Hall–Kier alpha value is -1.88. The van der Waals surface area contributed by atoms with E-state index in [0.29, 0.717) is 25.3 Å². The number of benzene rings is 1. The predicted molar refractivity (Wildman–Crippen MR) is 72.0 cm³/mol. The number of hydrogen-bond acceptors (Lipinski definition) is 4. The number of aryl methyl sites for hydroxylation is 1. The molecule has 1 rings (SSSR count). The van der Waals surface area contributed by atoms with Crippen LogP contribution >= 0.6 is 0 Å². The van der Waals surface area contributed by atoms with Crippen LogP contribution in [0.5, 0.6) is 0 Å². The molecule has 0 saturated carbocycles. The molecule has 5 nitrogen and oxygen atoms in total. The van der Waals surface area contributed by atoms with Crippen molar-refractivity contribution in [2.45, 2.75) is 13.3 Å². The SMILES string of the molecule is C=CCCOCCNc1ccc([N+](=O)[O-])c(C)c1. The molecule has 0 fully saturated rings. The highest BCUT2D eigenvalue weighted by Gasteiger charge is 2.09. The molecular formula is C13H18N2O3. The molecule has 0 saturated heterocycles. The van der Waals surface area contributed by atoms with Crippen molar-refractivity contribution >= 4 is 11.4 Å². The molecule has 0 atom stereocenters. The third-order valence-corrected chi connectivity index (χ3v) is 2.44. The number of nitro benzene ring substituents is 1. The zero-order chi connectivity index (χ0) is 13.4. The summed E-state index contributed by atoms with van der Waals surface area (Å²) in [5, 5.41) is 13.8. The lowest BCUT2D eigenvalue weighted by Gasteiger charge is -2.07. The van der Waals surface area contributed by atoms with E-state index >= 15 is 0 Å². The molecule has 0 bridgehead atoms. The van der Waals surface area contributed by atoms with Crippen LogP contribution in [0.3, 0.4) is 0 Å². The molecular weight excluding hydrogens is 232 g/mol. The number of nitrogens with one attached hydrogen (secondary N) is 1. The summed E-state index contributed by atoms with van der Waals surface area (Å²) in [5.74, 6) is 0. The van der Waals surface area contributed by atoms with E-state index in [0.717, 1.165) is 12.1 Å². The lowest BCUT2D eigenvalue weighted by molar-refractivity contribution is -0.385. The van der Waals surface area contributed by atoms with Gasteiger partial charge in [-0.1, -0.05) is 6.08 Å². The Morgan fingerprint density at radius 1 is 1.50 bits per heavy atom. The molecule has 0 aromatic heterocycles. The number of nitro groups is 1. The van der Waals surface area contributed by atoms with E-state index in [9.17, 15) is 10.1 Å². The van der Waals surface area contributed by atoms with Crippen LogP contribution in [0, 0.1) is 17.0 Å². The summed E-state index contributed by atoms with van der Waals surface area (Å²) in [6.07, 6.45) is 2.66. The van der Waals surface area contributed by atoms with Gasteiger partial charge in [0.15, 0.2) is 0 Å². The first kappa shape index (κ1) is 14.2. The van der Waals surface area contributed by atoms with Crippen molar-refractivity contribution in [2.75, 3.05) is 25.1 Å². The second-order valence-corrected chi connectivity index (χ2v) is 3.87. The van der Waals surface area contributed by atoms with Gasteiger partial charge in [0.05, 0.1) is 18.1 Å². The third-order valence-electron chi connectivity index (χ3n) is 2.44. The smallest absolute Gasteiger partial charge is 0.272 e. The summed E-state index contributed by atoms with van der Waals surface area (Å²) in [4.78, 5) is 10.3. The molecule has 18 heavy (non-hydrogen) atoms. The number of anilines is 1. The second-order valence-electron chi connectivity index (χ2n) is 3.87. The number of nitrogens with zero attached hydrogens (tertiary/aromatic N) is 1. The second kappa shape index (κ2) is 7.45. The lowest BCUT2D eigenvalue weighted by Crippen LogP contribution is -2.10. The molecule has 98 valence electrons. The van der Waals surface area contributed by atoms with Crippen LogP contribution in [0.4, 0.5) is 11.4 Å². The van der Waals surface area contributed by atoms with Gasteiger partial charge in [-0.3, -0.25) is 10.1 Å². The van der Waals surface area contributed by atoms with E-state index in [1.54, 1.807) is 19.1 Å². The highest BCUT2D eigenvalue weighted by Crippen LogP contribution is 2.21. The van der Waals surface area contributed by atoms with E-state index in [2.05, 4.69) is 11.9 Å². The van der Waals surface area contributed by atoms with Crippen LogP contribution in [0.15, 0.2) is 30.9 Å². The van der Waals surface area contributed by atoms with E-state index in [-0.39, 0.29) is 10.6 Å². The summed E-state index contributed by atoms with van der Waals surface area (Å²) < 4.78 is 5.35. The first-order valence-corrected chi connectivity index (χ1v) is 5.82. The van der Waals surface area contributed by atoms with Crippen molar-refractivity contribution in [2.24, 2.45) is 0 Å². The Bertz CT molecular complexity index is 419. The average Bonchev–Trinajstić information content (AvgIpc) is 2.33. The van der Waals surface area contributed by atoms with Crippen LogP contribution in [0.2, 0.25) is 0 Å². The van der Waals surface area contributed by atoms with Crippen molar-refractivity contribution in [3.63, 3.8) is 0 Å². The third kappa shape index (κ3) is 4.55. The molecule has 0 aliphatic heterocycles. The predicted octanol–water partition coefficient (Wildman–Crippen LogP) is 2.91. The largest absolute Gasteiger partial charge is 0.383 e. The zero-order valence-corrected chi connectivity index (χ0v) is 10.5. The fourth-order valence-electron chi connectivity index (χ4n) is 1.51. The molecule has 0 heterocycles. The van der Waals surface area contributed by atoms with Crippen LogP contribution in [-0.2, 0) is 4.74 Å². The highest BCUT2D eigenvalue weighted by atomic mass is 16.6. The summed E-state index contributed by atoms with van der Waals surface area (Å²) in [7, 11) is 0. The monoisotopic (exact) mass is 250 g/mol. The van der Waals surface area contributed by atoms with E-state index in [1.165, 1.54) is 6.07 Å². The first-order chi connectivity index (χ1) is 8.65. The maximum absolute atomic E-state index is 10.7. The lowest BCUT2D eigenvalue weighted by atomic mass is 10.2. The van der Waals surface area contributed by atoms with Crippen LogP contribution < -0.4 is 5.32 Å². The van der Waals surface area contributed by atoms with Gasteiger partial charge in [0.1, 0.15) is 0 Å². The van der Waals surface area contributed by atoms with Crippen molar-refractivity contribution in [3.05, 3.63) is 46.5 Å².